The molecule has 1 atom stereocenters. The molecule has 0 heterocycles. The average molecular weight is 342 g/mol. The van der Waals surface area contributed by atoms with E-state index >= 15 is 0 Å². The molecule has 3 heteroatoms. The van der Waals surface area contributed by atoms with Crippen LogP contribution in [0.4, 0.5) is 0 Å². The van der Waals surface area contributed by atoms with Gasteiger partial charge < -0.3 is 10.1 Å². The fraction of sp³-hybridized carbons (Fsp3) is 0.647. The maximum atomic E-state index is 5.55. The fourth-order valence-corrected chi connectivity index (χ4v) is 2.66. The van der Waals surface area contributed by atoms with E-state index in [0.29, 0.717) is 6.04 Å². The third kappa shape index (κ3) is 5.19. The summed E-state index contributed by atoms with van der Waals surface area (Å²) in [6.45, 7) is 9.73. The zero-order chi connectivity index (χ0) is 15.2. The molecule has 0 fully saturated rings. The number of methoxy groups -OCH3 is 1. The highest BCUT2D eigenvalue weighted by molar-refractivity contribution is 9.10. The number of rotatable bonds is 8. The van der Waals surface area contributed by atoms with Gasteiger partial charge in [0.05, 0.1) is 5.60 Å². The first-order valence-electron chi connectivity index (χ1n) is 7.45. The molecule has 0 bridgehead atoms. The zero-order valence-corrected chi connectivity index (χ0v) is 15.0. The number of ether oxygens (including phenoxy) is 1. The normalized spacial score (nSPS) is 13.5. The number of benzene rings is 1. The smallest absolute Gasteiger partial charge is 0.0623 e. The Bertz CT molecular complexity index is 417. The summed E-state index contributed by atoms with van der Waals surface area (Å²) >= 11 is 3.63. The molecule has 1 unspecified atom stereocenters. The van der Waals surface area contributed by atoms with Gasteiger partial charge in [-0.25, -0.2) is 0 Å². The lowest BCUT2D eigenvalue weighted by Gasteiger charge is -2.27. The minimum Gasteiger partial charge on any atom is -0.379 e. The Labute approximate surface area is 132 Å². The molecule has 1 N–H and O–H groups in total. The second-order valence-electron chi connectivity index (χ2n) is 5.96. The van der Waals surface area contributed by atoms with E-state index in [0.717, 1.165) is 25.8 Å². The van der Waals surface area contributed by atoms with Crippen LogP contribution in [0, 0.1) is 6.92 Å². The lowest BCUT2D eigenvalue weighted by molar-refractivity contribution is 0.0116. The number of nitrogens with one attached hydrogen (secondary N) is 1. The summed E-state index contributed by atoms with van der Waals surface area (Å²) < 4.78 is 6.73. The third-order valence-electron chi connectivity index (χ3n) is 3.91. The van der Waals surface area contributed by atoms with Crippen molar-refractivity contribution >= 4 is 15.9 Å². The molecular weight excluding hydrogens is 314 g/mol. The van der Waals surface area contributed by atoms with Crippen LogP contribution in [-0.4, -0.2) is 19.3 Å². The van der Waals surface area contributed by atoms with Crippen molar-refractivity contribution in [2.24, 2.45) is 0 Å². The van der Waals surface area contributed by atoms with Crippen molar-refractivity contribution in [3.05, 3.63) is 33.8 Å². The minimum absolute atomic E-state index is 0.0634. The van der Waals surface area contributed by atoms with E-state index in [-0.39, 0.29) is 5.60 Å². The number of hydrogen-bond acceptors (Lipinski definition) is 2. The van der Waals surface area contributed by atoms with Gasteiger partial charge in [-0.2, -0.15) is 0 Å². The molecule has 0 radical (unpaired) electrons. The van der Waals surface area contributed by atoms with Crippen molar-refractivity contribution in [3.8, 4) is 0 Å². The first kappa shape index (κ1) is 17.7. The van der Waals surface area contributed by atoms with E-state index in [1.54, 1.807) is 7.11 Å². The van der Waals surface area contributed by atoms with Crippen LogP contribution in [0.15, 0.2) is 22.7 Å². The lowest BCUT2D eigenvalue weighted by atomic mass is 9.92. The maximum Gasteiger partial charge on any atom is 0.0623 e. The summed E-state index contributed by atoms with van der Waals surface area (Å²) in [6.07, 6.45) is 3.27. The van der Waals surface area contributed by atoms with Crippen LogP contribution >= 0.6 is 15.9 Å². The van der Waals surface area contributed by atoms with Gasteiger partial charge in [0, 0.05) is 17.6 Å². The van der Waals surface area contributed by atoms with Gasteiger partial charge in [-0.3, -0.25) is 0 Å². The molecule has 114 valence electrons. The molecule has 0 spiro atoms. The molecule has 20 heavy (non-hydrogen) atoms. The predicted octanol–water partition coefficient (Wildman–Crippen LogP) is 5.00. The standard InChI is InChI=1S/C17H28BrNO/c1-6-12-19-16(10-11-17(3,4)20-5)14-8-7-9-15(18)13(14)2/h7-9,16,19H,6,10-12H2,1-5H3. The van der Waals surface area contributed by atoms with Crippen LogP contribution in [0.2, 0.25) is 0 Å². The number of hydrogen-bond donors (Lipinski definition) is 1. The molecular formula is C17H28BrNO. The van der Waals surface area contributed by atoms with Crippen molar-refractivity contribution < 1.29 is 4.74 Å². The van der Waals surface area contributed by atoms with Gasteiger partial charge >= 0.3 is 0 Å². The molecule has 0 aliphatic rings. The van der Waals surface area contributed by atoms with E-state index in [4.69, 9.17) is 4.74 Å². The summed E-state index contributed by atoms with van der Waals surface area (Å²) in [5.41, 5.74) is 2.66. The molecule has 0 aliphatic carbocycles. The SMILES string of the molecule is CCCNC(CCC(C)(C)OC)c1cccc(Br)c1C. The largest absolute Gasteiger partial charge is 0.379 e. The summed E-state index contributed by atoms with van der Waals surface area (Å²) in [7, 11) is 1.79. The summed E-state index contributed by atoms with van der Waals surface area (Å²) in [5, 5.41) is 3.67. The van der Waals surface area contributed by atoms with Gasteiger partial charge in [-0.1, -0.05) is 35.0 Å². The molecule has 0 saturated carbocycles. The van der Waals surface area contributed by atoms with Crippen LogP contribution < -0.4 is 5.32 Å². The predicted molar refractivity (Wildman–Crippen MR) is 90.2 cm³/mol. The van der Waals surface area contributed by atoms with Gasteiger partial charge in [-0.05, 0) is 63.8 Å². The Kier molecular flexibility index (Phi) is 7.21. The van der Waals surface area contributed by atoms with Gasteiger partial charge in [0.25, 0.3) is 0 Å². The van der Waals surface area contributed by atoms with E-state index in [9.17, 15) is 0 Å². The molecule has 1 rings (SSSR count). The molecule has 1 aromatic rings. The molecule has 0 saturated heterocycles. The summed E-state index contributed by atoms with van der Waals surface area (Å²) in [4.78, 5) is 0. The van der Waals surface area contributed by atoms with Crippen LogP contribution in [0.1, 0.15) is 57.2 Å². The van der Waals surface area contributed by atoms with Crippen LogP contribution in [0.3, 0.4) is 0 Å². The van der Waals surface area contributed by atoms with Gasteiger partial charge in [0.1, 0.15) is 0 Å². The molecule has 0 amide bonds. The van der Waals surface area contributed by atoms with Gasteiger partial charge in [-0.15, -0.1) is 0 Å². The second-order valence-corrected chi connectivity index (χ2v) is 6.82. The molecule has 0 aromatic heterocycles. The van der Waals surface area contributed by atoms with Crippen molar-refractivity contribution in [1.82, 2.24) is 5.32 Å². The van der Waals surface area contributed by atoms with Crippen molar-refractivity contribution in [2.45, 2.75) is 58.6 Å². The highest BCUT2D eigenvalue weighted by Crippen LogP contribution is 2.29. The molecule has 0 aliphatic heterocycles. The van der Waals surface area contributed by atoms with E-state index in [1.807, 2.05) is 0 Å². The van der Waals surface area contributed by atoms with Crippen LogP contribution in [0.5, 0.6) is 0 Å². The van der Waals surface area contributed by atoms with Gasteiger partial charge in [0.2, 0.25) is 0 Å². The monoisotopic (exact) mass is 341 g/mol. The maximum absolute atomic E-state index is 5.55. The third-order valence-corrected chi connectivity index (χ3v) is 4.77. The van der Waals surface area contributed by atoms with E-state index in [2.05, 4.69) is 67.1 Å². The zero-order valence-electron chi connectivity index (χ0n) is 13.4. The summed E-state index contributed by atoms with van der Waals surface area (Å²) in [6, 6.07) is 6.85. The lowest BCUT2D eigenvalue weighted by Crippen LogP contribution is -2.28. The van der Waals surface area contributed by atoms with Gasteiger partial charge in [0.15, 0.2) is 0 Å². The highest BCUT2D eigenvalue weighted by Gasteiger charge is 2.21. The topological polar surface area (TPSA) is 21.3 Å². The fourth-order valence-electron chi connectivity index (χ4n) is 2.28. The van der Waals surface area contributed by atoms with Crippen LogP contribution in [0.25, 0.3) is 0 Å². The Morgan fingerprint density at radius 3 is 2.65 bits per heavy atom. The Hall–Kier alpha value is -0.380. The summed E-state index contributed by atoms with van der Waals surface area (Å²) in [5.74, 6) is 0. The van der Waals surface area contributed by atoms with Crippen LogP contribution in [-0.2, 0) is 4.74 Å². The quantitative estimate of drug-likeness (QED) is 0.717. The first-order valence-corrected chi connectivity index (χ1v) is 8.24. The first-order chi connectivity index (χ1) is 9.41. The van der Waals surface area contributed by atoms with Crippen molar-refractivity contribution in [1.29, 1.82) is 0 Å². The Morgan fingerprint density at radius 2 is 2.05 bits per heavy atom. The average Bonchev–Trinajstić information content (AvgIpc) is 2.43. The van der Waals surface area contributed by atoms with E-state index < -0.39 is 0 Å². The van der Waals surface area contributed by atoms with E-state index in [1.165, 1.54) is 15.6 Å². The molecule has 2 nitrogen and oxygen atoms in total. The van der Waals surface area contributed by atoms with Crippen molar-refractivity contribution in [3.63, 3.8) is 0 Å². The number of halogens is 1. The Morgan fingerprint density at radius 1 is 1.35 bits per heavy atom. The van der Waals surface area contributed by atoms with Crippen molar-refractivity contribution in [2.75, 3.05) is 13.7 Å². The second kappa shape index (κ2) is 8.16. The molecule has 1 aromatic carbocycles. The highest BCUT2D eigenvalue weighted by atomic mass is 79.9. The Balaban J connectivity index is 2.86. The minimum atomic E-state index is -0.0634.